The van der Waals surface area contributed by atoms with Crippen molar-refractivity contribution in [2.24, 2.45) is 0 Å². The fraction of sp³-hybridized carbons (Fsp3) is 0.500. The van der Waals surface area contributed by atoms with Gasteiger partial charge in [-0.05, 0) is 25.0 Å². The Morgan fingerprint density at radius 2 is 1.95 bits per heavy atom. The number of ether oxygens (including phenoxy) is 3. The number of hydrogen-bond donors (Lipinski definition) is 1. The monoisotopic (exact) mass is 309 g/mol. The van der Waals surface area contributed by atoms with Gasteiger partial charge in [0.05, 0.1) is 13.7 Å². The van der Waals surface area contributed by atoms with Crippen LogP contribution in [0.25, 0.3) is 0 Å². The number of amides is 1. The van der Waals surface area contributed by atoms with E-state index in [2.05, 4.69) is 5.32 Å². The molecule has 1 rings (SSSR count). The minimum Gasteiger partial charge on any atom is -0.496 e. The summed E-state index contributed by atoms with van der Waals surface area (Å²) in [5, 5.41) is 2.62. The molecule has 6 heteroatoms. The molecule has 0 saturated carbocycles. The number of aryl methyl sites for hydroxylation is 1. The second-order valence-corrected chi connectivity index (χ2v) is 4.73. The van der Waals surface area contributed by atoms with Gasteiger partial charge in [0.2, 0.25) is 0 Å². The van der Waals surface area contributed by atoms with Crippen molar-refractivity contribution >= 4 is 11.9 Å². The number of methoxy groups -OCH3 is 2. The van der Waals surface area contributed by atoms with Gasteiger partial charge in [0, 0.05) is 20.1 Å². The van der Waals surface area contributed by atoms with Gasteiger partial charge in [-0.25, -0.2) is 0 Å². The standard InChI is InChI=1S/C16H23NO5/c1-12(16(19)17-10-11-20-2)22-15(18)9-8-13-6-4-5-7-14(13)21-3/h4-7,12H,8-11H2,1-3H3,(H,17,19)/t12-/m1/s1. The van der Waals surface area contributed by atoms with Gasteiger partial charge in [0.1, 0.15) is 5.75 Å². The Bertz CT molecular complexity index is 489. The Kier molecular flexibility index (Phi) is 7.99. The summed E-state index contributed by atoms with van der Waals surface area (Å²) in [4.78, 5) is 23.5. The predicted octanol–water partition coefficient (Wildman–Crippen LogP) is 1.32. The first-order chi connectivity index (χ1) is 10.6. The Labute approximate surface area is 130 Å². The van der Waals surface area contributed by atoms with Crippen molar-refractivity contribution in [2.45, 2.75) is 25.9 Å². The molecule has 0 aliphatic heterocycles. The SMILES string of the molecule is COCCNC(=O)[C@@H](C)OC(=O)CCc1ccccc1OC. The van der Waals surface area contributed by atoms with Crippen LogP contribution in [0.3, 0.4) is 0 Å². The maximum Gasteiger partial charge on any atom is 0.306 e. The third-order valence-electron chi connectivity index (χ3n) is 3.07. The third kappa shape index (κ3) is 6.13. The number of carbonyl (C=O) groups is 2. The van der Waals surface area contributed by atoms with Crippen LogP contribution >= 0.6 is 0 Å². The Morgan fingerprint density at radius 1 is 1.23 bits per heavy atom. The molecular formula is C16H23NO5. The zero-order valence-corrected chi connectivity index (χ0v) is 13.3. The molecule has 0 aliphatic rings. The summed E-state index contributed by atoms with van der Waals surface area (Å²) in [5.41, 5.74) is 0.930. The Morgan fingerprint density at radius 3 is 2.64 bits per heavy atom. The summed E-state index contributed by atoms with van der Waals surface area (Å²) in [6.07, 6.45) is -0.126. The van der Waals surface area contributed by atoms with Crippen LogP contribution < -0.4 is 10.1 Å². The summed E-state index contributed by atoms with van der Waals surface area (Å²) >= 11 is 0. The molecular weight excluding hydrogens is 286 g/mol. The molecule has 0 saturated heterocycles. The van der Waals surface area contributed by atoms with Crippen molar-refractivity contribution in [3.05, 3.63) is 29.8 Å². The van der Waals surface area contributed by atoms with Crippen molar-refractivity contribution < 1.29 is 23.8 Å². The molecule has 1 aromatic rings. The molecule has 0 heterocycles. The van der Waals surface area contributed by atoms with E-state index in [0.717, 1.165) is 11.3 Å². The number of benzene rings is 1. The van der Waals surface area contributed by atoms with Crippen molar-refractivity contribution in [3.8, 4) is 5.75 Å². The van der Waals surface area contributed by atoms with Gasteiger partial charge in [0.25, 0.3) is 5.91 Å². The largest absolute Gasteiger partial charge is 0.496 e. The molecule has 0 unspecified atom stereocenters. The second-order valence-electron chi connectivity index (χ2n) is 4.73. The zero-order valence-electron chi connectivity index (χ0n) is 13.3. The Hall–Kier alpha value is -2.08. The van der Waals surface area contributed by atoms with Gasteiger partial charge >= 0.3 is 5.97 Å². The highest BCUT2D eigenvalue weighted by molar-refractivity contribution is 5.83. The number of esters is 1. The van der Waals surface area contributed by atoms with Crippen LogP contribution in [0.2, 0.25) is 0 Å². The van der Waals surface area contributed by atoms with E-state index in [-0.39, 0.29) is 12.3 Å². The molecule has 1 amide bonds. The molecule has 122 valence electrons. The van der Waals surface area contributed by atoms with E-state index < -0.39 is 12.1 Å². The molecule has 0 aliphatic carbocycles. The summed E-state index contributed by atoms with van der Waals surface area (Å²) in [5.74, 6) is -0.0105. The van der Waals surface area contributed by atoms with E-state index in [1.54, 1.807) is 21.1 Å². The first-order valence-corrected chi connectivity index (χ1v) is 7.16. The average Bonchev–Trinajstić information content (AvgIpc) is 2.53. The van der Waals surface area contributed by atoms with E-state index in [4.69, 9.17) is 14.2 Å². The van der Waals surface area contributed by atoms with Gasteiger partial charge in [0.15, 0.2) is 6.10 Å². The first kappa shape index (κ1) is 18.0. The van der Waals surface area contributed by atoms with Crippen LogP contribution in [0.1, 0.15) is 18.9 Å². The molecule has 1 atom stereocenters. The topological polar surface area (TPSA) is 73.9 Å². The normalized spacial score (nSPS) is 11.6. The maximum atomic E-state index is 11.8. The van der Waals surface area contributed by atoms with Crippen molar-refractivity contribution in [3.63, 3.8) is 0 Å². The summed E-state index contributed by atoms with van der Waals surface area (Å²) in [7, 11) is 3.14. The maximum absolute atomic E-state index is 11.8. The average molecular weight is 309 g/mol. The van der Waals surface area contributed by atoms with Gasteiger partial charge in [-0.2, -0.15) is 0 Å². The number of hydrogen-bond acceptors (Lipinski definition) is 5. The summed E-state index contributed by atoms with van der Waals surface area (Å²) < 4.78 is 15.2. The number of rotatable bonds is 9. The van der Waals surface area contributed by atoms with Crippen molar-refractivity contribution in [2.75, 3.05) is 27.4 Å². The smallest absolute Gasteiger partial charge is 0.306 e. The molecule has 0 fully saturated rings. The van der Waals surface area contributed by atoms with E-state index >= 15 is 0 Å². The van der Waals surface area contributed by atoms with Crippen molar-refractivity contribution in [1.29, 1.82) is 0 Å². The highest BCUT2D eigenvalue weighted by Gasteiger charge is 2.17. The number of nitrogens with one attached hydrogen (secondary N) is 1. The van der Waals surface area contributed by atoms with Crippen LogP contribution in [0, 0.1) is 0 Å². The molecule has 0 radical (unpaired) electrons. The lowest BCUT2D eigenvalue weighted by atomic mass is 10.1. The van der Waals surface area contributed by atoms with Crippen LogP contribution in [0.5, 0.6) is 5.75 Å². The fourth-order valence-corrected chi connectivity index (χ4v) is 1.88. The third-order valence-corrected chi connectivity index (χ3v) is 3.07. The molecule has 1 aromatic carbocycles. The Balaban J connectivity index is 2.38. The molecule has 0 aromatic heterocycles. The van der Waals surface area contributed by atoms with Crippen LogP contribution in [-0.4, -0.2) is 45.4 Å². The van der Waals surface area contributed by atoms with Gasteiger partial charge < -0.3 is 19.5 Å². The van der Waals surface area contributed by atoms with Crippen molar-refractivity contribution in [1.82, 2.24) is 5.32 Å². The number of para-hydroxylation sites is 1. The van der Waals surface area contributed by atoms with Crippen LogP contribution in [0.4, 0.5) is 0 Å². The summed E-state index contributed by atoms with van der Waals surface area (Å²) in [6.45, 7) is 2.35. The highest BCUT2D eigenvalue weighted by atomic mass is 16.5. The fourth-order valence-electron chi connectivity index (χ4n) is 1.88. The zero-order chi connectivity index (χ0) is 16.4. The van der Waals surface area contributed by atoms with E-state index in [0.29, 0.717) is 19.6 Å². The lowest BCUT2D eigenvalue weighted by Gasteiger charge is -2.13. The van der Waals surface area contributed by atoms with Gasteiger partial charge in [-0.3, -0.25) is 9.59 Å². The van der Waals surface area contributed by atoms with E-state index in [9.17, 15) is 9.59 Å². The minimum absolute atomic E-state index is 0.191. The number of carbonyl (C=O) groups excluding carboxylic acids is 2. The second kappa shape index (κ2) is 9.78. The highest BCUT2D eigenvalue weighted by Crippen LogP contribution is 2.19. The quantitative estimate of drug-likeness (QED) is 0.550. The molecule has 0 bridgehead atoms. The lowest BCUT2D eigenvalue weighted by molar-refractivity contribution is -0.154. The summed E-state index contributed by atoms with van der Waals surface area (Å²) in [6, 6.07) is 7.49. The minimum atomic E-state index is -0.818. The molecule has 1 N–H and O–H groups in total. The molecule has 0 spiro atoms. The van der Waals surface area contributed by atoms with Crippen LogP contribution in [0.15, 0.2) is 24.3 Å². The van der Waals surface area contributed by atoms with Gasteiger partial charge in [-0.1, -0.05) is 18.2 Å². The van der Waals surface area contributed by atoms with E-state index in [1.807, 2.05) is 24.3 Å². The predicted molar refractivity (Wildman–Crippen MR) is 81.8 cm³/mol. The molecule has 6 nitrogen and oxygen atoms in total. The lowest BCUT2D eigenvalue weighted by Crippen LogP contribution is -2.37. The first-order valence-electron chi connectivity index (χ1n) is 7.16. The molecule has 22 heavy (non-hydrogen) atoms. The van der Waals surface area contributed by atoms with Crippen LogP contribution in [-0.2, 0) is 25.5 Å². The van der Waals surface area contributed by atoms with Gasteiger partial charge in [-0.15, -0.1) is 0 Å². The van der Waals surface area contributed by atoms with E-state index in [1.165, 1.54) is 0 Å².